The van der Waals surface area contributed by atoms with Crippen molar-refractivity contribution in [1.29, 1.82) is 0 Å². The maximum absolute atomic E-state index is 13.1. The van der Waals surface area contributed by atoms with E-state index in [9.17, 15) is 14.7 Å². The number of allylic oxidation sites excluding steroid dienone is 1. The molecule has 5 aliphatic carbocycles. The van der Waals surface area contributed by atoms with Crippen LogP contribution >= 0.6 is 0 Å². The van der Waals surface area contributed by atoms with Crippen molar-refractivity contribution in [3.8, 4) is 0 Å². The van der Waals surface area contributed by atoms with Crippen LogP contribution in [-0.2, 0) is 10.2 Å². The van der Waals surface area contributed by atoms with Gasteiger partial charge in [0.25, 0.3) is 0 Å². The molecular formula is C25H30N2O3. The predicted octanol–water partition coefficient (Wildman–Crippen LogP) is 4.04. The molecule has 0 atom stereocenters. The molecule has 0 unspecified atom stereocenters. The third-order valence-electron chi connectivity index (χ3n) is 8.86. The number of aliphatic carboxylic acids is 1. The van der Waals surface area contributed by atoms with Gasteiger partial charge in [0.15, 0.2) is 0 Å². The van der Waals surface area contributed by atoms with Crippen LogP contribution in [0.15, 0.2) is 30.3 Å². The minimum absolute atomic E-state index is 0.0936. The first-order valence-corrected chi connectivity index (χ1v) is 11.6. The van der Waals surface area contributed by atoms with Crippen molar-refractivity contribution < 1.29 is 14.7 Å². The Labute approximate surface area is 177 Å². The number of piperidine rings is 1. The molecule has 5 nitrogen and oxygen atoms in total. The predicted molar refractivity (Wildman–Crippen MR) is 114 cm³/mol. The quantitative estimate of drug-likeness (QED) is 0.779. The van der Waals surface area contributed by atoms with Crippen LogP contribution in [0.5, 0.6) is 0 Å². The summed E-state index contributed by atoms with van der Waals surface area (Å²) in [7, 11) is 0. The van der Waals surface area contributed by atoms with E-state index in [0.717, 1.165) is 35.8 Å². The summed E-state index contributed by atoms with van der Waals surface area (Å²) in [6.45, 7) is 1.35. The lowest BCUT2D eigenvalue weighted by atomic mass is 9.54. The van der Waals surface area contributed by atoms with Gasteiger partial charge in [-0.05, 0) is 79.7 Å². The molecule has 1 aromatic rings. The Balaban J connectivity index is 1.15. The Bertz CT molecular complexity index is 900. The van der Waals surface area contributed by atoms with Gasteiger partial charge in [-0.15, -0.1) is 0 Å². The highest BCUT2D eigenvalue weighted by atomic mass is 16.4. The van der Waals surface area contributed by atoms with Crippen LogP contribution in [0.3, 0.4) is 0 Å². The van der Waals surface area contributed by atoms with Gasteiger partial charge in [-0.3, -0.25) is 0 Å². The molecule has 0 aromatic heterocycles. The maximum Gasteiger partial charge on any atom is 0.336 e. The van der Waals surface area contributed by atoms with E-state index < -0.39 is 5.97 Å². The highest BCUT2D eigenvalue weighted by molar-refractivity contribution is 6.17. The fourth-order valence-corrected chi connectivity index (χ4v) is 7.68. The molecule has 1 spiro atoms. The van der Waals surface area contributed by atoms with E-state index >= 15 is 0 Å². The number of nitrogens with zero attached hydrogens (tertiary/aromatic N) is 1. The smallest absolute Gasteiger partial charge is 0.336 e. The first-order valence-electron chi connectivity index (χ1n) is 11.6. The SMILES string of the molecule is O=C(O)C1=CC2(CCN(C(=O)NC3C4CC5CC(C4)CC3C5)CC2)c2ccccc21. The molecule has 1 saturated heterocycles. The van der Waals surface area contributed by atoms with Gasteiger partial charge in [-0.25, -0.2) is 9.59 Å². The van der Waals surface area contributed by atoms with Crippen molar-refractivity contribution in [2.45, 2.75) is 56.4 Å². The van der Waals surface area contributed by atoms with Gasteiger partial charge in [-0.2, -0.15) is 0 Å². The summed E-state index contributed by atoms with van der Waals surface area (Å²) in [4.78, 5) is 26.8. The molecule has 2 amide bonds. The normalized spacial score (nSPS) is 35.3. The van der Waals surface area contributed by atoms with E-state index in [1.807, 2.05) is 29.2 Å². The van der Waals surface area contributed by atoms with E-state index in [1.54, 1.807) is 0 Å². The topological polar surface area (TPSA) is 69.6 Å². The fourth-order valence-electron chi connectivity index (χ4n) is 7.68. The molecule has 4 saturated carbocycles. The van der Waals surface area contributed by atoms with Crippen LogP contribution in [0.2, 0.25) is 0 Å². The number of rotatable bonds is 2. The fraction of sp³-hybridized carbons (Fsp3) is 0.600. The van der Waals surface area contributed by atoms with Crippen molar-refractivity contribution >= 4 is 17.6 Å². The molecule has 7 rings (SSSR count). The number of nitrogens with one attached hydrogen (secondary N) is 1. The van der Waals surface area contributed by atoms with Crippen molar-refractivity contribution in [1.82, 2.24) is 10.2 Å². The first-order chi connectivity index (χ1) is 14.5. The van der Waals surface area contributed by atoms with Gasteiger partial charge in [0.2, 0.25) is 0 Å². The molecule has 4 bridgehead atoms. The van der Waals surface area contributed by atoms with E-state index in [-0.39, 0.29) is 11.4 Å². The van der Waals surface area contributed by atoms with Crippen LogP contribution in [0.4, 0.5) is 4.79 Å². The summed E-state index contributed by atoms with van der Waals surface area (Å²) in [5.74, 6) is 2.33. The highest BCUT2D eigenvalue weighted by Crippen LogP contribution is 2.54. The number of carboxylic acid groups (broad SMARTS) is 1. The number of hydrogen-bond acceptors (Lipinski definition) is 2. The van der Waals surface area contributed by atoms with Gasteiger partial charge >= 0.3 is 12.0 Å². The number of carboxylic acids is 1. The number of benzene rings is 1. The minimum atomic E-state index is -0.860. The lowest BCUT2D eigenvalue weighted by molar-refractivity contribution is -0.130. The number of carbonyl (C=O) groups excluding carboxylic acids is 1. The van der Waals surface area contributed by atoms with Crippen LogP contribution in [-0.4, -0.2) is 41.1 Å². The van der Waals surface area contributed by atoms with Gasteiger partial charge in [0, 0.05) is 24.5 Å². The molecular weight excluding hydrogens is 376 g/mol. The van der Waals surface area contributed by atoms with Crippen LogP contribution in [0, 0.1) is 23.7 Å². The third kappa shape index (κ3) is 2.74. The van der Waals surface area contributed by atoms with E-state index in [4.69, 9.17) is 0 Å². The average molecular weight is 407 g/mol. The number of hydrogen-bond donors (Lipinski definition) is 2. The molecule has 0 radical (unpaired) electrons. The second kappa shape index (κ2) is 6.60. The molecule has 1 aromatic carbocycles. The van der Waals surface area contributed by atoms with Crippen molar-refractivity contribution in [2.24, 2.45) is 23.7 Å². The number of fused-ring (bicyclic) bond motifs is 2. The Morgan fingerprint density at radius 3 is 2.23 bits per heavy atom. The monoisotopic (exact) mass is 406 g/mol. The lowest BCUT2D eigenvalue weighted by Crippen LogP contribution is -2.59. The second-order valence-corrected chi connectivity index (χ2v) is 10.5. The van der Waals surface area contributed by atoms with Crippen LogP contribution < -0.4 is 5.32 Å². The Morgan fingerprint density at radius 1 is 0.967 bits per heavy atom. The summed E-state index contributed by atoms with van der Waals surface area (Å²) in [5, 5.41) is 13.1. The molecule has 2 N–H and O–H groups in total. The van der Waals surface area contributed by atoms with Crippen molar-refractivity contribution in [3.63, 3.8) is 0 Å². The van der Waals surface area contributed by atoms with Crippen molar-refractivity contribution in [3.05, 3.63) is 41.5 Å². The first kappa shape index (κ1) is 18.5. The Morgan fingerprint density at radius 2 is 1.60 bits per heavy atom. The zero-order chi connectivity index (χ0) is 20.5. The summed E-state index contributed by atoms with van der Waals surface area (Å²) in [5.41, 5.74) is 2.13. The number of carbonyl (C=O) groups is 2. The van der Waals surface area contributed by atoms with Gasteiger partial charge in [0.05, 0.1) is 5.57 Å². The Kier molecular flexibility index (Phi) is 4.06. The van der Waals surface area contributed by atoms with Gasteiger partial charge < -0.3 is 15.3 Å². The Hall–Kier alpha value is -2.30. The average Bonchev–Trinajstić information content (AvgIpc) is 3.05. The summed E-state index contributed by atoms with van der Waals surface area (Å²) >= 11 is 0. The molecule has 5 fully saturated rings. The van der Waals surface area contributed by atoms with Gasteiger partial charge in [-0.1, -0.05) is 30.3 Å². The molecule has 1 aliphatic heterocycles. The van der Waals surface area contributed by atoms with Gasteiger partial charge in [0.1, 0.15) is 0 Å². The van der Waals surface area contributed by atoms with E-state index in [0.29, 0.717) is 36.5 Å². The molecule has 30 heavy (non-hydrogen) atoms. The lowest BCUT2D eigenvalue weighted by Gasteiger charge is -2.54. The summed E-state index contributed by atoms with van der Waals surface area (Å²) < 4.78 is 0. The number of urea groups is 1. The van der Waals surface area contributed by atoms with E-state index in [2.05, 4.69) is 11.4 Å². The highest BCUT2D eigenvalue weighted by Gasteiger charge is 2.49. The molecule has 5 heteroatoms. The molecule has 6 aliphatic rings. The number of amides is 2. The zero-order valence-corrected chi connectivity index (χ0v) is 17.3. The number of likely N-dealkylation sites (tertiary alicyclic amines) is 1. The summed E-state index contributed by atoms with van der Waals surface area (Å²) in [6, 6.07) is 8.33. The standard InChI is InChI=1S/C25H30N2O3/c28-23(29)20-14-25(21-4-2-1-3-19(20)21)5-7-27(8-6-25)24(30)26-22-17-10-15-9-16(12-17)13-18(22)11-15/h1-4,14-18,22H,5-13H2,(H,26,30)(H,28,29). The zero-order valence-electron chi connectivity index (χ0n) is 17.3. The molecule has 1 heterocycles. The maximum atomic E-state index is 13.1. The van der Waals surface area contributed by atoms with Crippen LogP contribution in [0.25, 0.3) is 5.57 Å². The minimum Gasteiger partial charge on any atom is -0.478 e. The summed E-state index contributed by atoms with van der Waals surface area (Å²) in [6.07, 6.45) is 10.2. The van der Waals surface area contributed by atoms with Crippen LogP contribution in [0.1, 0.15) is 56.1 Å². The molecule has 158 valence electrons. The van der Waals surface area contributed by atoms with Crippen molar-refractivity contribution in [2.75, 3.05) is 13.1 Å². The second-order valence-electron chi connectivity index (χ2n) is 10.5. The third-order valence-corrected chi connectivity index (χ3v) is 8.86. The van der Waals surface area contributed by atoms with E-state index in [1.165, 1.54) is 32.1 Å². The largest absolute Gasteiger partial charge is 0.478 e.